The Labute approximate surface area is 157 Å². The Morgan fingerprint density at radius 3 is 2.41 bits per heavy atom. The lowest BCUT2D eigenvalue weighted by Crippen LogP contribution is -2.13. The predicted octanol–water partition coefficient (Wildman–Crippen LogP) is 2.13. The molecule has 3 rings (SSSR count). The van der Waals surface area contributed by atoms with Gasteiger partial charge in [0.1, 0.15) is 4.90 Å². The molecule has 0 aliphatic rings. The van der Waals surface area contributed by atoms with Crippen molar-refractivity contribution >= 4 is 25.5 Å². The van der Waals surface area contributed by atoms with E-state index in [0.717, 1.165) is 0 Å². The smallest absolute Gasteiger partial charge is 0.263 e. The molecular formula is C17H16N4O4S2. The zero-order valence-electron chi connectivity index (χ0n) is 14.3. The number of hydrogen-bond acceptors (Lipinski definition) is 7. The average molecular weight is 404 g/mol. The second-order valence-corrected chi connectivity index (χ2v) is 9.44. The number of aromatic nitrogens is 3. The van der Waals surface area contributed by atoms with Gasteiger partial charge in [0.15, 0.2) is 14.9 Å². The van der Waals surface area contributed by atoms with E-state index >= 15 is 0 Å². The van der Waals surface area contributed by atoms with E-state index in [1.165, 1.54) is 43.6 Å². The summed E-state index contributed by atoms with van der Waals surface area (Å²) in [5, 5.41) is 7.61. The Balaban J connectivity index is 1.88. The summed E-state index contributed by atoms with van der Waals surface area (Å²) in [6, 6.07) is 12.5. The first-order valence-corrected chi connectivity index (χ1v) is 11.0. The Morgan fingerprint density at radius 1 is 0.963 bits per heavy atom. The minimum absolute atomic E-state index is 0.0457. The Hall–Kier alpha value is -2.85. The summed E-state index contributed by atoms with van der Waals surface area (Å²) in [7, 11) is -7.20. The molecule has 8 nitrogen and oxygen atoms in total. The maximum atomic E-state index is 12.4. The van der Waals surface area contributed by atoms with Crippen LogP contribution in [-0.2, 0) is 19.9 Å². The highest BCUT2D eigenvalue weighted by atomic mass is 32.2. The van der Waals surface area contributed by atoms with Crippen LogP contribution in [0.5, 0.6) is 0 Å². The van der Waals surface area contributed by atoms with E-state index < -0.39 is 19.9 Å². The number of sulfone groups is 1. The summed E-state index contributed by atoms with van der Waals surface area (Å²) in [5.74, 6) is -0.0629. The van der Waals surface area contributed by atoms with E-state index in [0.29, 0.717) is 16.9 Å². The molecule has 0 saturated heterocycles. The van der Waals surface area contributed by atoms with E-state index in [1.807, 2.05) is 0 Å². The fourth-order valence-corrected chi connectivity index (χ4v) is 4.00. The molecular weight excluding hydrogens is 388 g/mol. The Morgan fingerprint density at radius 2 is 1.78 bits per heavy atom. The molecule has 3 aromatic rings. The lowest BCUT2D eigenvalue weighted by molar-refractivity contribution is 0.591. The zero-order chi connectivity index (χ0) is 19.5. The van der Waals surface area contributed by atoms with Crippen molar-refractivity contribution in [2.24, 2.45) is 0 Å². The number of hydrogen-bond donors (Lipinski definition) is 1. The molecule has 0 radical (unpaired) electrons. The molecule has 0 unspecified atom stereocenters. The standard InChI is InChI=1S/C17H16N4O4S2/c1-2-26(22,23)17-9-8-16(19-20-17)13-5-3-6-14(11-13)21-27(24,25)15-7-4-10-18-12-15/h3-12,21H,2H2,1H3. The van der Waals surface area contributed by atoms with Crippen molar-refractivity contribution < 1.29 is 16.8 Å². The molecule has 140 valence electrons. The van der Waals surface area contributed by atoms with E-state index in [9.17, 15) is 16.8 Å². The molecule has 0 spiro atoms. The SMILES string of the molecule is CCS(=O)(=O)c1ccc(-c2cccc(NS(=O)(=O)c3cccnc3)c2)nn1. The van der Waals surface area contributed by atoms with Gasteiger partial charge in [-0.15, -0.1) is 10.2 Å². The summed E-state index contributed by atoms with van der Waals surface area (Å²) < 4.78 is 50.9. The molecule has 0 amide bonds. The molecule has 0 atom stereocenters. The molecule has 10 heteroatoms. The minimum atomic E-state index is -3.77. The van der Waals surface area contributed by atoms with Gasteiger partial charge < -0.3 is 0 Å². The van der Waals surface area contributed by atoms with Crippen molar-refractivity contribution in [3.8, 4) is 11.3 Å². The van der Waals surface area contributed by atoms with Crippen molar-refractivity contribution in [3.63, 3.8) is 0 Å². The lowest BCUT2D eigenvalue weighted by atomic mass is 10.1. The molecule has 0 saturated carbocycles. The van der Waals surface area contributed by atoms with Gasteiger partial charge in [0.25, 0.3) is 10.0 Å². The fourth-order valence-electron chi connectivity index (χ4n) is 2.25. The zero-order valence-corrected chi connectivity index (χ0v) is 15.9. The molecule has 0 aliphatic carbocycles. The van der Waals surface area contributed by atoms with Gasteiger partial charge in [-0.05, 0) is 36.4 Å². The Kier molecular flexibility index (Phi) is 5.19. The van der Waals surface area contributed by atoms with Crippen molar-refractivity contribution in [1.82, 2.24) is 15.2 Å². The summed E-state index contributed by atoms with van der Waals surface area (Å²) in [6.45, 7) is 1.53. The topological polar surface area (TPSA) is 119 Å². The van der Waals surface area contributed by atoms with E-state index in [1.54, 1.807) is 24.3 Å². The third kappa shape index (κ3) is 4.29. The van der Waals surface area contributed by atoms with E-state index in [4.69, 9.17) is 0 Å². The second kappa shape index (κ2) is 7.41. The minimum Gasteiger partial charge on any atom is -0.280 e. The maximum Gasteiger partial charge on any atom is 0.263 e. The number of pyridine rings is 1. The number of anilines is 1. The first-order valence-electron chi connectivity index (χ1n) is 7.91. The summed E-state index contributed by atoms with van der Waals surface area (Å²) in [6.07, 6.45) is 2.74. The normalized spacial score (nSPS) is 11.9. The van der Waals surface area contributed by atoms with Gasteiger partial charge in [0.2, 0.25) is 0 Å². The van der Waals surface area contributed by atoms with Crippen molar-refractivity contribution in [3.05, 3.63) is 60.9 Å². The molecule has 2 heterocycles. The third-order valence-electron chi connectivity index (χ3n) is 3.69. The quantitative estimate of drug-likeness (QED) is 0.668. The molecule has 27 heavy (non-hydrogen) atoms. The van der Waals surface area contributed by atoms with Crippen molar-refractivity contribution in [1.29, 1.82) is 0 Å². The van der Waals surface area contributed by atoms with Gasteiger partial charge in [0, 0.05) is 23.6 Å². The first kappa shape index (κ1) is 18.9. The van der Waals surface area contributed by atoms with Crippen LogP contribution in [0.25, 0.3) is 11.3 Å². The highest BCUT2D eigenvalue weighted by Crippen LogP contribution is 2.23. The van der Waals surface area contributed by atoms with Crippen LogP contribution in [0.4, 0.5) is 5.69 Å². The van der Waals surface area contributed by atoms with Crippen molar-refractivity contribution in [2.45, 2.75) is 16.8 Å². The molecule has 0 fully saturated rings. The van der Waals surface area contributed by atoms with Gasteiger partial charge in [-0.25, -0.2) is 16.8 Å². The van der Waals surface area contributed by atoms with Crippen LogP contribution < -0.4 is 4.72 Å². The predicted molar refractivity (Wildman–Crippen MR) is 100 cm³/mol. The van der Waals surface area contributed by atoms with Gasteiger partial charge in [-0.2, -0.15) is 0 Å². The molecule has 2 aromatic heterocycles. The lowest BCUT2D eigenvalue weighted by Gasteiger charge is -2.09. The number of nitrogens with one attached hydrogen (secondary N) is 1. The van der Waals surface area contributed by atoms with Gasteiger partial charge >= 0.3 is 0 Å². The van der Waals surface area contributed by atoms with Gasteiger partial charge in [0.05, 0.1) is 11.4 Å². The van der Waals surface area contributed by atoms with Gasteiger partial charge in [-0.1, -0.05) is 19.1 Å². The number of nitrogens with zero attached hydrogens (tertiary/aromatic N) is 3. The van der Waals surface area contributed by atoms with Crippen LogP contribution in [-0.4, -0.2) is 37.8 Å². The molecule has 1 N–H and O–H groups in total. The maximum absolute atomic E-state index is 12.4. The summed E-state index contributed by atoms with van der Waals surface area (Å²) >= 11 is 0. The summed E-state index contributed by atoms with van der Waals surface area (Å²) in [5.41, 5.74) is 1.35. The average Bonchev–Trinajstić information content (AvgIpc) is 2.69. The second-order valence-electron chi connectivity index (χ2n) is 5.54. The van der Waals surface area contributed by atoms with Crippen LogP contribution in [0.3, 0.4) is 0 Å². The fraction of sp³-hybridized carbons (Fsp3) is 0.118. The van der Waals surface area contributed by atoms with Crippen LogP contribution in [0.15, 0.2) is 70.8 Å². The van der Waals surface area contributed by atoms with E-state index in [-0.39, 0.29) is 15.7 Å². The largest absolute Gasteiger partial charge is 0.280 e. The van der Waals surface area contributed by atoms with Crippen LogP contribution in [0.1, 0.15) is 6.92 Å². The number of benzene rings is 1. The van der Waals surface area contributed by atoms with Crippen LogP contribution >= 0.6 is 0 Å². The number of rotatable bonds is 6. The third-order valence-corrected chi connectivity index (χ3v) is 6.68. The van der Waals surface area contributed by atoms with Crippen molar-refractivity contribution in [2.75, 3.05) is 10.5 Å². The first-order chi connectivity index (χ1) is 12.8. The Bertz CT molecular complexity index is 1150. The molecule has 0 aliphatic heterocycles. The monoisotopic (exact) mass is 404 g/mol. The highest BCUT2D eigenvalue weighted by Gasteiger charge is 2.16. The molecule has 0 bridgehead atoms. The van der Waals surface area contributed by atoms with Crippen LogP contribution in [0.2, 0.25) is 0 Å². The van der Waals surface area contributed by atoms with E-state index in [2.05, 4.69) is 19.9 Å². The molecule has 1 aromatic carbocycles. The van der Waals surface area contributed by atoms with Crippen LogP contribution in [0, 0.1) is 0 Å². The highest BCUT2D eigenvalue weighted by molar-refractivity contribution is 7.92. The number of sulfonamides is 1. The summed E-state index contributed by atoms with van der Waals surface area (Å²) in [4.78, 5) is 3.85. The van der Waals surface area contributed by atoms with Gasteiger partial charge in [-0.3, -0.25) is 9.71 Å².